The molecule has 0 amide bonds. The van der Waals surface area contributed by atoms with Crippen molar-refractivity contribution in [3.05, 3.63) is 48.0 Å². The van der Waals surface area contributed by atoms with E-state index in [-0.39, 0.29) is 0 Å². The number of phenolic OH excluding ortho intramolecular Hbond substituents is 2. The molecule has 0 saturated heterocycles. The zero-order valence-electron chi connectivity index (χ0n) is 9.34. The Bertz CT molecular complexity index is 542. The molecule has 2 N–H and O–H groups in total. The van der Waals surface area contributed by atoms with Gasteiger partial charge in [-0.25, -0.2) is 12.4 Å². The molecule has 0 atom stereocenters. The Morgan fingerprint density at radius 2 is 1.21 bits per heavy atom. The van der Waals surface area contributed by atoms with E-state index in [4.69, 9.17) is 13.8 Å². The van der Waals surface area contributed by atoms with Gasteiger partial charge in [0.05, 0.1) is 0 Å². The molecular weight excluding hydrogens is 294 g/mol. The van der Waals surface area contributed by atoms with E-state index in [1.54, 1.807) is 0 Å². The zero-order chi connectivity index (χ0) is 13.8. The number of hydrogen-bond acceptors (Lipinski definition) is 5. The molecule has 0 radical (unpaired) electrons. The van der Waals surface area contributed by atoms with Crippen LogP contribution in [0, 0.1) is 11.6 Å². The van der Waals surface area contributed by atoms with Gasteiger partial charge >= 0.3 is 0 Å². The molecule has 100 valence electrons. The van der Waals surface area contributed by atoms with Gasteiger partial charge < -0.3 is 10.2 Å². The molecule has 0 heterocycles. The summed E-state index contributed by atoms with van der Waals surface area (Å²) in [6, 6.07) is 7.65. The largest absolute Gasteiger partial charge is 0.505 e. The van der Waals surface area contributed by atoms with Crippen LogP contribution in [-0.4, -0.2) is 10.2 Å². The fourth-order valence-corrected chi connectivity index (χ4v) is 2.49. The Morgan fingerprint density at radius 3 is 1.58 bits per heavy atom. The number of benzene rings is 2. The molecule has 19 heavy (non-hydrogen) atoms. The first-order valence-corrected chi connectivity index (χ1v) is 6.53. The summed E-state index contributed by atoms with van der Waals surface area (Å²) in [7, 11) is 0. The van der Waals surface area contributed by atoms with Gasteiger partial charge in [0.1, 0.15) is 0 Å². The third-order valence-corrected chi connectivity index (χ3v) is 3.54. The highest BCUT2D eigenvalue weighted by Crippen LogP contribution is 2.32. The molecule has 0 aromatic heterocycles. The van der Waals surface area contributed by atoms with Crippen LogP contribution in [0.25, 0.3) is 0 Å². The van der Waals surface area contributed by atoms with E-state index in [1.165, 1.54) is 24.3 Å². The Kier molecular flexibility index (Phi) is 4.52. The molecule has 0 aliphatic carbocycles. The highest BCUT2D eigenvalue weighted by atomic mass is 32.2. The van der Waals surface area contributed by atoms with Crippen molar-refractivity contribution in [1.29, 1.82) is 0 Å². The number of aromatic hydroxyl groups is 2. The second-order valence-electron chi connectivity index (χ2n) is 3.46. The van der Waals surface area contributed by atoms with E-state index in [0.29, 0.717) is 9.79 Å². The van der Waals surface area contributed by atoms with E-state index in [1.807, 2.05) is 0 Å². The first-order chi connectivity index (χ1) is 9.06. The van der Waals surface area contributed by atoms with Crippen LogP contribution in [0.3, 0.4) is 0 Å². The summed E-state index contributed by atoms with van der Waals surface area (Å²) in [5.41, 5.74) is 0. The topological polar surface area (TPSA) is 49.7 Å². The molecule has 0 unspecified atom stereocenters. The van der Waals surface area contributed by atoms with Crippen molar-refractivity contribution in [2.45, 2.75) is 9.79 Å². The van der Waals surface area contributed by atoms with E-state index >= 15 is 0 Å². The van der Waals surface area contributed by atoms with Gasteiger partial charge in [-0.05, 0) is 36.4 Å². The summed E-state index contributed by atoms with van der Waals surface area (Å²) < 4.78 is 31.2. The maximum atomic E-state index is 13.0. The molecule has 0 spiro atoms. The van der Waals surface area contributed by atoms with Crippen LogP contribution in [0.2, 0.25) is 0 Å². The lowest BCUT2D eigenvalue weighted by atomic mass is 10.3. The van der Waals surface area contributed by atoms with Gasteiger partial charge in [-0.1, -0.05) is 0 Å². The lowest BCUT2D eigenvalue weighted by molar-refractivity contribution is 0.431. The first-order valence-electron chi connectivity index (χ1n) is 5.04. The summed E-state index contributed by atoms with van der Waals surface area (Å²) in [6.45, 7) is 0. The molecule has 0 fully saturated rings. The summed E-state index contributed by atoms with van der Waals surface area (Å²) in [5.74, 6) is -2.35. The van der Waals surface area contributed by atoms with Crippen LogP contribution >= 0.6 is 24.1 Å². The van der Waals surface area contributed by atoms with Crippen LogP contribution in [0.1, 0.15) is 0 Å². The average Bonchev–Trinajstić information content (AvgIpc) is 2.38. The van der Waals surface area contributed by atoms with Crippen molar-refractivity contribution >= 4 is 24.1 Å². The monoisotopic (exact) mass is 302 g/mol. The Morgan fingerprint density at radius 1 is 0.789 bits per heavy atom. The molecule has 7 heteroatoms. The minimum Gasteiger partial charge on any atom is -0.505 e. The predicted octanol–water partition coefficient (Wildman–Crippen LogP) is 4.11. The van der Waals surface area contributed by atoms with Crippen LogP contribution in [0.5, 0.6) is 11.5 Å². The van der Waals surface area contributed by atoms with Crippen molar-refractivity contribution in [2.75, 3.05) is 0 Å². The Balaban J connectivity index is 1.92. The van der Waals surface area contributed by atoms with Crippen LogP contribution in [0.15, 0.2) is 46.2 Å². The lowest BCUT2D eigenvalue weighted by Crippen LogP contribution is -1.79. The van der Waals surface area contributed by atoms with Gasteiger partial charge in [-0.2, -0.15) is 0 Å². The van der Waals surface area contributed by atoms with E-state index < -0.39 is 23.1 Å². The van der Waals surface area contributed by atoms with Gasteiger partial charge in [0, 0.05) is 33.9 Å². The minimum atomic E-state index is -0.741. The van der Waals surface area contributed by atoms with Gasteiger partial charge in [-0.3, -0.25) is 0 Å². The maximum absolute atomic E-state index is 13.0. The third kappa shape index (κ3) is 3.76. The molecule has 0 bridgehead atoms. The van der Waals surface area contributed by atoms with Crippen molar-refractivity contribution < 1.29 is 22.6 Å². The SMILES string of the molecule is Oc1ccc(SOSc2ccc(O)c(F)c2)cc1F. The quantitative estimate of drug-likeness (QED) is 0.832. The smallest absolute Gasteiger partial charge is 0.165 e. The molecule has 2 aromatic rings. The lowest BCUT2D eigenvalue weighted by Gasteiger charge is -2.03. The van der Waals surface area contributed by atoms with Gasteiger partial charge in [0.25, 0.3) is 0 Å². The van der Waals surface area contributed by atoms with E-state index in [2.05, 4.69) is 0 Å². The summed E-state index contributed by atoms with van der Waals surface area (Å²) in [6.07, 6.45) is 0. The average molecular weight is 302 g/mol. The fourth-order valence-electron chi connectivity index (χ4n) is 1.17. The predicted molar refractivity (Wildman–Crippen MR) is 68.9 cm³/mol. The van der Waals surface area contributed by atoms with Crippen molar-refractivity contribution in [2.24, 2.45) is 0 Å². The fraction of sp³-hybridized carbons (Fsp3) is 0. The van der Waals surface area contributed by atoms with E-state index in [0.717, 1.165) is 36.2 Å². The van der Waals surface area contributed by atoms with Gasteiger partial charge in [0.2, 0.25) is 0 Å². The molecule has 2 aromatic carbocycles. The van der Waals surface area contributed by atoms with Crippen molar-refractivity contribution in [3.8, 4) is 11.5 Å². The van der Waals surface area contributed by atoms with Gasteiger partial charge in [-0.15, -0.1) is 0 Å². The van der Waals surface area contributed by atoms with Crippen molar-refractivity contribution in [1.82, 2.24) is 0 Å². The third-order valence-electron chi connectivity index (χ3n) is 2.10. The molecule has 0 aliphatic heterocycles. The highest BCUT2D eigenvalue weighted by molar-refractivity contribution is 8.07. The van der Waals surface area contributed by atoms with Crippen LogP contribution in [0.4, 0.5) is 8.78 Å². The van der Waals surface area contributed by atoms with E-state index in [9.17, 15) is 8.78 Å². The molecule has 0 aliphatic rings. The summed E-state index contributed by atoms with van der Waals surface area (Å²) in [4.78, 5) is 0.920. The number of rotatable bonds is 4. The Labute approximate surface area is 116 Å². The minimum absolute atomic E-state index is 0.433. The maximum Gasteiger partial charge on any atom is 0.165 e. The number of halogens is 2. The zero-order valence-corrected chi connectivity index (χ0v) is 11.0. The number of hydrogen-bond donors (Lipinski definition) is 2. The van der Waals surface area contributed by atoms with Crippen LogP contribution < -0.4 is 0 Å². The summed E-state index contributed by atoms with van der Waals surface area (Å²) in [5, 5.41) is 18.0. The first kappa shape index (κ1) is 14.0. The molecule has 3 nitrogen and oxygen atoms in total. The normalized spacial score (nSPS) is 10.6. The summed E-state index contributed by atoms with van der Waals surface area (Å²) >= 11 is 1.75. The number of phenols is 2. The highest BCUT2D eigenvalue weighted by Gasteiger charge is 2.05. The van der Waals surface area contributed by atoms with Crippen molar-refractivity contribution in [3.63, 3.8) is 0 Å². The second kappa shape index (κ2) is 6.14. The second-order valence-corrected chi connectivity index (χ2v) is 5.28. The van der Waals surface area contributed by atoms with Gasteiger partial charge in [0.15, 0.2) is 23.1 Å². The van der Waals surface area contributed by atoms with Crippen LogP contribution in [-0.2, 0) is 3.63 Å². The molecular formula is C12H8F2O3S2. The Hall–Kier alpha value is -1.44. The standard InChI is InChI=1S/C12H8F2O3S2/c13-9-5-7(1-3-11(9)15)18-17-19-8-2-4-12(16)10(14)6-8/h1-6,15-16H. The molecule has 0 saturated carbocycles. The molecule has 2 rings (SSSR count).